The van der Waals surface area contributed by atoms with Crippen LogP contribution in [0.15, 0.2) is 30.3 Å². The predicted molar refractivity (Wildman–Crippen MR) is 65.7 cm³/mol. The lowest BCUT2D eigenvalue weighted by Crippen LogP contribution is -2.50. The van der Waals surface area contributed by atoms with Gasteiger partial charge in [-0.05, 0) is 12.0 Å². The van der Waals surface area contributed by atoms with Crippen LogP contribution in [0, 0.1) is 0 Å². The lowest BCUT2D eigenvalue weighted by Gasteiger charge is -2.19. The number of carbonyl (C=O) groups is 1. The second-order valence-electron chi connectivity index (χ2n) is 3.83. The first kappa shape index (κ1) is 13.6. The van der Waals surface area contributed by atoms with Crippen molar-refractivity contribution >= 4 is 5.91 Å². The molecule has 5 nitrogen and oxygen atoms in total. The fraction of sp³-hybridized carbons (Fsp3) is 0.417. The van der Waals surface area contributed by atoms with E-state index in [-0.39, 0.29) is 0 Å². The topological polar surface area (TPSA) is 87.4 Å². The maximum absolute atomic E-state index is 11.6. The molecule has 2 atom stereocenters. The number of nitrogens with two attached hydrogens (primary N) is 1. The molecule has 17 heavy (non-hydrogen) atoms. The van der Waals surface area contributed by atoms with Gasteiger partial charge in [0.1, 0.15) is 6.10 Å². The van der Waals surface area contributed by atoms with Crippen LogP contribution in [-0.2, 0) is 11.3 Å². The number of amides is 1. The zero-order chi connectivity index (χ0) is 12.7. The van der Waals surface area contributed by atoms with Crippen LogP contribution in [0.1, 0.15) is 18.9 Å². The van der Waals surface area contributed by atoms with Gasteiger partial charge in [0.2, 0.25) is 0 Å². The van der Waals surface area contributed by atoms with Gasteiger partial charge < -0.3 is 10.4 Å². The van der Waals surface area contributed by atoms with Crippen LogP contribution in [0.2, 0.25) is 0 Å². The van der Waals surface area contributed by atoms with E-state index in [0.29, 0.717) is 13.0 Å². The van der Waals surface area contributed by atoms with Crippen molar-refractivity contribution in [2.45, 2.75) is 32.0 Å². The Morgan fingerprint density at radius 3 is 2.59 bits per heavy atom. The molecule has 0 heterocycles. The summed E-state index contributed by atoms with van der Waals surface area (Å²) in [6.07, 6.45) is -0.551. The van der Waals surface area contributed by atoms with Crippen LogP contribution >= 0.6 is 0 Å². The molecular weight excluding hydrogens is 218 g/mol. The van der Waals surface area contributed by atoms with Gasteiger partial charge in [0.25, 0.3) is 5.91 Å². The van der Waals surface area contributed by atoms with Crippen molar-refractivity contribution in [2.75, 3.05) is 0 Å². The van der Waals surface area contributed by atoms with E-state index < -0.39 is 18.1 Å². The number of nitrogens with one attached hydrogen (secondary N) is 2. The quantitative estimate of drug-likeness (QED) is 0.411. The summed E-state index contributed by atoms with van der Waals surface area (Å²) < 4.78 is 0. The van der Waals surface area contributed by atoms with Gasteiger partial charge in [0.15, 0.2) is 0 Å². The minimum atomic E-state index is -1.13. The lowest BCUT2D eigenvalue weighted by molar-refractivity contribution is -0.131. The Kier molecular flexibility index (Phi) is 5.62. The highest BCUT2D eigenvalue weighted by atomic mass is 16.3. The van der Waals surface area contributed by atoms with E-state index >= 15 is 0 Å². The van der Waals surface area contributed by atoms with Crippen molar-refractivity contribution in [3.05, 3.63) is 35.9 Å². The van der Waals surface area contributed by atoms with Crippen LogP contribution in [0.25, 0.3) is 0 Å². The molecule has 0 aliphatic heterocycles. The van der Waals surface area contributed by atoms with Crippen LogP contribution < -0.4 is 16.6 Å². The molecule has 0 saturated carbocycles. The smallest absolute Gasteiger partial charge is 0.250 e. The summed E-state index contributed by atoms with van der Waals surface area (Å²) in [4.78, 5) is 11.6. The minimum absolute atomic E-state index is 0.401. The summed E-state index contributed by atoms with van der Waals surface area (Å²) in [6, 6.07) is 9.09. The number of aliphatic hydroxyl groups excluding tert-OH is 1. The molecule has 1 unspecified atom stereocenters. The highest BCUT2D eigenvalue weighted by molar-refractivity contribution is 5.81. The van der Waals surface area contributed by atoms with E-state index in [1.807, 2.05) is 37.3 Å². The molecule has 0 aliphatic carbocycles. The molecule has 1 aromatic carbocycles. The Morgan fingerprint density at radius 1 is 1.41 bits per heavy atom. The average Bonchev–Trinajstić information content (AvgIpc) is 2.38. The van der Waals surface area contributed by atoms with Crippen LogP contribution in [0.4, 0.5) is 0 Å². The van der Waals surface area contributed by atoms with Crippen LogP contribution in [-0.4, -0.2) is 23.2 Å². The highest BCUT2D eigenvalue weighted by Gasteiger charge is 2.23. The van der Waals surface area contributed by atoms with Crippen molar-refractivity contribution < 1.29 is 9.90 Å². The summed E-state index contributed by atoms with van der Waals surface area (Å²) in [5, 5.41) is 12.4. The number of benzene rings is 1. The molecule has 0 aliphatic rings. The molecule has 0 saturated heterocycles. The maximum Gasteiger partial charge on any atom is 0.250 e. The summed E-state index contributed by atoms with van der Waals surface area (Å²) in [7, 11) is 0. The molecule has 0 bridgehead atoms. The number of hydrogen-bond acceptors (Lipinski definition) is 4. The first-order valence-corrected chi connectivity index (χ1v) is 5.64. The number of carbonyl (C=O) groups excluding carboxylic acids is 1. The Labute approximate surface area is 101 Å². The molecule has 0 radical (unpaired) electrons. The van der Waals surface area contributed by atoms with Gasteiger partial charge in [-0.15, -0.1) is 0 Å². The predicted octanol–water partition coefficient (Wildman–Crippen LogP) is -0.0944. The third-order valence-corrected chi connectivity index (χ3v) is 2.61. The lowest BCUT2D eigenvalue weighted by atomic mass is 10.1. The zero-order valence-electron chi connectivity index (χ0n) is 9.89. The standard InChI is InChI=1S/C12H19N3O2/c1-2-10(15-13)11(16)12(17)14-8-9-6-4-3-5-7-9/h3-7,10-11,15-16H,2,8,13H2,1H3,(H,14,17)/t10-,11?/m0/s1. The van der Waals surface area contributed by atoms with Gasteiger partial charge in [-0.3, -0.25) is 16.1 Å². The third-order valence-electron chi connectivity index (χ3n) is 2.61. The van der Waals surface area contributed by atoms with E-state index in [0.717, 1.165) is 5.56 Å². The minimum Gasteiger partial charge on any atom is -0.382 e. The van der Waals surface area contributed by atoms with Gasteiger partial charge in [0, 0.05) is 6.54 Å². The molecule has 1 aromatic rings. The molecule has 1 rings (SSSR count). The number of rotatable bonds is 6. The Bertz CT molecular complexity index is 339. The zero-order valence-corrected chi connectivity index (χ0v) is 9.89. The second-order valence-corrected chi connectivity index (χ2v) is 3.83. The van der Waals surface area contributed by atoms with E-state index in [4.69, 9.17) is 5.84 Å². The van der Waals surface area contributed by atoms with Crippen molar-refractivity contribution in [3.8, 4) is 0 Å². The largest absolute Gasteiger partial charge is 0.382 e. The van der Waals surface area contributed by atoms with Crippen molar-refractivity contribution in [3.63, 3.8) is 0 Å². The number of hydrogen-bond donors (Lipinski definition) is 4. The highest BCUT2D eigenvalue weighted by Crippen LogP contribution is 2.00. The second kappa shape index (κ2) is 7.01. The van der Waals surface area contributed by atoms with Gasteiger partial charge in [-0.1, -0.05) is 37.3 Å². The summed E-state index contributed by atoms with van der Waals surface area (Å²) >= 11 is 0. The molecule has 0 fully saturated rings. The summed E-state index contributed by atoms with van der Waals surface area (Å²) in [6.45, 7) is 2.25. The monoisotopic (exact) mass is 237 g/mol. The fourth-order valence-corrected chi connectivity index (χ4v) is 1.50. The van der Waals surface area contributed by atoms with E-state index in [2.05, 4.69) is 10.7 Å². The molecule has 0 spiro atoms. The van der Waals surface area contributed by atoms with Gasteiger partial charge in [-0.2, -0.15) is 0 Å². The Hall–Kier alpha value is -1.43. The SMILES string of the molecule is CC[C@H](NN)C(O)C(=O)NCc1ccccc1. The first-order valence-electron chi connectivity index (χ1n) is 5.64. The first-order chi connectivity index (χ1) is 8.19. The van der Waals surface area contributed by atoms with Gasteiger partial charge in [0.05, 0.1) is 6.04 Å². The molecule has 5 heteroatoms. The van der Waals surface area contributed by atoms with Crippen molar-refractivity contribution in [2.24, 2.45) is 5.84 Å². The van der Waals surface area contributed by atoms with Gasteiger partial charge in [-0.25, -0.2) is 0 Å². The van der Waals surface area contributed by atoms with E-state index in [1.54, 1.807) is 0 Å². The van der Waals surface area contributed by atoms with Crippen LogP contribution in [0.5, 0.6) is 0 Å². The van der Waals surface area contributed by atoms with Gasteiger partial charge >= 0.3 is 0 Å². The van der Waals surface area contributed by atoms with Crippen LogP contribution in [0.3, 0.4) is 0 Å². The molecular formula is C12H19N3O2. The number of aliphatic hydroxyl groups is 1. The molecule has 1 amide bonds. The van der Waals surface area contributed by atoms with Crippen molar-refractivity contribution in [1.82, 2.24) is 10.7 Å². The summed E-state index contributed by atoms with van der Waals surface area (Å²) in [5.74, 6) is 4.82. The molecule has 5 N–H and O–H groups in total. The average molecular weight is 237 g/mol. The Balaban J connectivity index is 2.44. The van der Waals surface area contributed by atoms with Crippen molar-refractivity contribution in [1.29, 1.82) is 0 Å². The number of hydrazine groups is 1. The fourth-order valence-electron chi connectivity index (χ4n) is 1.50. The molecule has 0 aromatic heterocycles. The van der Waals surface area contributed by atoms with E-state index in [1.165, 1.54) is 0 Å². The maximum atomic E-state index is 11.6. The third kappa shape index (κ3) is 4.14. The normalized spacial score (nSPS) is 14.1. The molecule has 94 valence electrons. The van der Waals surface area contributed by atoms with E-state index in [9.17, 15) is 9.90 Å². The Morgan fingerprint density at radius 2 is 2.06 bits per heavy atom. The summed E-state index contributed by atoms with van der Waals surface area (Å²) in [5.41, 5.74) is 3.41.